The Bertz CT molecular complexity index is 355. The molecule has 2 rings (SSSR count). The highest BCUT2D eigenvalue weighted by molar-refractivity contribution is 5.73. The molecule has 2 N–H and O–H groups in total. The summed E-state index contributed by atoms with van der Waals surface area (Å²) in [6.07, 6.45) is 3.29. The molecule has 10 heavy (non-hydrogen) atoms. The Labute approximate surface area is 56.6 Å². The highest BCUT2D eigenvalue weighted by Crippen LogP contribution is 2.09. The second-order valence-electron chi connectivity index (χ2n) is 1.95. The molecule has 2 heterocycles. The molecule has 0 spiro atoms. The van der Waals surface area contributed by atoms with Gasteiger partial charge in [0.1, 0.15) is 0 Å². The Morgan fingerprint density at radius 1 is 1.50 bits per heavy atom. The molecule has 4 heteroatoms. The van der Waals surface area contributed by atoms with Gasteiger partial charge in [-0.15, -0.1) is 0 Å². The molecule has 0 aromatic carbocycles. The number of nitrogens with one attached hydrogen (secondary N) is 1. The van der Waals surface area contributed by atoms with Gasteiger partial charge in [-0.3, -0.25) is 0 Å². The third kappa shape index (κ3) is 0.621. The van der Waals surface area contributed by atoms with E-state index < -0.39 is 0 Å². The third-order valence-electron chi connectivity index (χ3n) is 1.29. The van der Waals surface area contributed by atoms with Gasteiger partial charge < -0.3 is 10.1 Å². The van der Waals surface area contributed by atoms with Crippen LogP contribution in [0.1, 0.15) is 0 Å². The van der Waals surface area contributed by atoms with Crippen LogP contribution in [0, 0.1) is 0 Å². The minimum Gasteiger partial charge on any atom is -0.479 e. The first-order valence-corrected chi connectivity index (χ1v) is 2.85. The molecule has 2 aromatic heterocycles. The Morgan fingerprint density at radius 2 is 2.40 bits per heavy atom. The summed E-state index contributed by atoms with van der Waals surface area (Å²) in [4.78, 5) is 10.3. The second kappa shape index (κ2) is 1.70. The van der Waals surface area contributed by atoms with E-state index in [1.165, 1.54) is 6.20 Å². The van der Waals surface area contributed by atoms with Crippen LogP contribution in [0.3, 0.4) is 0 Å². The van der Waals surface area contributed by atoms with Crippen LogP contribution in [0.15, 0.2) is 18.5 Å². The van der Waals surface area contributed by atoms with E-state index in [1.807, 2.05) is 0 Å². The monoisotopic (exact) mass is 135 g/mol. The molecular formula is C6H5N3O. The van der Waals surface area contributed by atoms with Gasteiger partial charge in [0.25, 0.3) is 0 Å². The van der Waals surface area contributed by atoms with Gasteiger partial charge in [0.15, 0.2) is 0 Å². The van der Waals surface area contributed by atoms with E-state index in [9.17, 15) is 0 Å². The van der Waals surface area contributed by atoms with Crippen molar-refractivity contribution in [3.05, 3.63) is 18.5 Å². The summed E-state index contributed by atoms with van der Waals surface area (Å²) in [6, 6.07) is 1.59. The maximum atomic E-state index is 8.81. The number of H-pyrrole nitrogens is 1. The maximum Gasteiger partial charge on any atom is 0.314 e. The Morgan fingerprint density at radius 3 is 3.30 bits per heavy atom. The summed E-state index contributed by atoms with van der Waals surface area (Å²) in [5.41, 5.74) is 1.56. The molecule has 0 atom stereocenters. The van der Waals surface area contributed by atoms with Gasteiger partial charge in [-0.25, -0.2) is 4.98 Å². The second-order valence-corrected chi connectivity index (χ2v) is 1.95. The lowest BCUT2D eigenvalue weighted by Crippen LogP contribution is -1.79. The third-order valence-corrected chi connectivity index (χ3v) is 1.29. The van der Waals surface area contributed by atoms with E-state index in [1.54, 1.807) is 12.3 Å². The summed E-state index contributed by atoms with van der Waals surface area (Å²) >= 11 is 0. The first kappa shape index (κ1) is 5.22. The van der Waals surface area contributed by atoms with E-state index in [2.05, 4.69) is 15.0 Å². The van der Waals surface area contributed by atoms with Crippen LogP contribution in [-0.4, -0.2) is 20.1 Å². The van der Waals surface area contributed by atoms with Crippen molar-refractivity contribution in [3.8, 4) is 6.01 Å². The van der Waals surface area contributed by atoms with Crippen molar-refractivity contribution in [1.29, 1.82) is 0 Å². The molecular weight excluding hydrogens is 130 g/mol. The van der Waals surface area contributed by atoms with Gasteiger partial charge in [-0.1, -0.05) is 0 Å². The lowest BCUT2D eigenvalue weighted by molar-refractivity contribution is 0.433. The minimum atomic E-state index is -0.188. The van der Waals surface area contributed by atoms with Gasteiger partial charge in [0.2, 0.25) is 0 Å². The summed E-state index contributed by atoms with van der Waals surface area (Å²) in [7, 11) is 0. The molecule has 0 aliphatic carbocycles. The van der Waals surface area contributed by atoms with Crippen molar-refractivity contribution < 1.29 is 5.11 Å². The number of aromatic amines is 1. The van der Waals surface area contributed by atoms with Crippen LogP contribution >= 0.6 is 0 Å². The van der Waals surface area contributed by atoms with Gasteiger partial charge in [-0.05, 0) is 6.07 Å². The molecule has 50 valence electrons. The maximum absolute atomic E-state index is 8.81. The van der Waals surface area contributed by atoms with Crippen molar-refractivity contribution in [2.75, 3.05) is 0 Å². The molecule has 0 aliphatic heterocycles. The molecule has 2 aromatic rings. The van der Waals surface area contributed by atoms with E-state index in [0.717, 1.165) is 11.0 Å². The number of aromatic hydroxyl groups is 1. The molecule has 0 radical (unpaired) electrons. The molecule has 0 fully saturated rings. The average Bonchev–Trinajstić information content (AvgIpc) is 2.33. The predicted molar refractivity (Wildman–Crippen MR) is 35.6 cm³/mol. The zero-order valence-electron chi connectivity index (χ0n) is 5.07. The molecule has 4 nitrogen and oxygen atoms in total. The molecule has 0 saturated heterocycles. The number of nitrogens with zero attached hydrogens (tertiary/aromatic N) is 2. The molecule has 0 unspecified atom stereocenters. The van der Waals surface area contributed by atoms with Crippen LogP contribution in [0.2, 0.25) is 0 Å². The Balaban J connectivity index is 2.86. The molecule has 0 saturated carbocycles. The minimum absolute atomic E-state index is 0.188. The Hall–Kier alpha value is -1.58. The summed E-state index contributed by atoms with van der Waals surface area (Å²) in [5.74, 6) is 0. The summed E-state index contributed by atoms with van der Waals surface area (Å²) in [5, 5.41) is 8.81. The van der Waals surface area contributed by atoms with E-state index >= 15 is 0 Å². The first-order chi connectivity index (χ1) is 4.86. The summed E-state index contributed by atoms with van der Waals surface area (Å²) in [6.45, 7) is 0. The smallest absolute Gasteiger partial charge is 0.314 e. The van der Waals surface area contributed by atoms with Crippen molar-refractivity contribution in [3.63, 3.8) is 0 Å². The molecule has 0 bridgehead atoms. The van der Waals surface area contributed by atoms with Crippen LogP contribution in [0.4, 0.5) is 0 Å². The SMILES string of the molecule is Oc1ncc2[nH]ccc2n1. The largest absolute Gasteiger partial charge is 0.479 e. The van der Waals surface area contributed by atoms with Crippen molar-refractivity contribution in [2.45, 2.75) is 0 Å². The normalized spacial score (nSPS) is 10.4. The topological polar surface area (TPSA) is 61.8 Å². The quantitative estimate of drug-likeness (QED) is 0.557. The highest BCUT2D eigenvalue weighted by atomic mass is 16.3. The first-order valence-electron chi connectivity index (χ1n) is 2.85. The fourth-order valence-electron chi connectivity index (χ4n) is 0.834. The van der Waals surface area contributed by atoms with Crippen molar-refractivity contribution in [2.24, 2.45) is 0 Å². The van der Waals surface area contributed by atoms with Gasteiger partial charge in [0, 0.05) is 6.20 Å². The molecule has 0 amide bonds. The van der Waals surface area contributed by atoms with Crippen LogP contribution in [0.5, 0.6) is 6.01 Å². The van der Waals surface area contributed by atoms with Gasteiger partial charge in [-0.2, -0.15) is 4.98 Å². The number of aromatic nitrogens is 3. The van der Waals surface area contributed by atoms with E-state index in [4.69, 9.17) is 5.11 Å². The lowest BCUT2D eigenvalue weighted by atomic mass is 10.5. The van der Waals surface area contributed by atoms with E-state index in [0.29, 0.717) is 0 Å². The number of hydrogen-bond acceptors (Lipinski definition) is 3. The van der Waals surface area contributed by atoms with Crippen LogP contribution < -0.4 is 0 Å². The molecule has 0 aliphatic rings. The highest BCUT2D eigenvalue weighted by Gasteiger charge is 1.95. The van der Waals surface area contributed by atoms with Gasteiger partial charge in [0.05, 0.1) is 17.2 Å². The summed E-state index contributed by atoms with van der Waals surface area (Å²) < 4.78 is 0. The number of hydrogen-bond donors (Lipinski definition) is 2. The average molecular weight is 135 g/mol. The fraction of sp³-hybridized carbons (Fsp3) is 0. The zero-order valence-corrected chi connectivity index (χ0v) is 5.07. The van der Waals surface area contributed by atoms with Crippen LogP contribution in [0.25, 0.3) is 11.0 Å². The number of rotatable bonds is 0. The Kier molecular flexibility index (Phi) is 0.887. The van der Waals surface area contributed by atoms with Gasteiger partial charge >= 0.3 is 6.01 Å². The predicted octanol–water partition coefficient (Wildman–Crippen LogP) is 0.663. The number of fused-ring (bicyclic) bond motifs is 1. The standard InChI is InChI=1S/C6H5N3O/c10-6-8-3-5-4(9-6)1-2-7-5/h1-3,7H,(H,8,9,10). The zero-order chi connectivity index (χ0) is 6.97. The lowest BCUT2D eigenvalue weighted by Gasteiger charge is -1.87. The van der Waals surface area contributed by atoms with Crippen molar-refractivity contribution >= 4 is 11.0 Å². The van der Waals surface area contributed by atoms with Crippen molar-refractivity contribution in [1.82, 2.24) is 15.0 Å². The van der Waals surface area contributed by atoms with E-state index in [-0.39, 0.29) is 6.01 Å². The fourth-order valence-corrected chi connectivity index (χ4v) is 0.834. The van der Waals surface area contributed by atoms with Crippen LogP contribution in [-0.2, 0) is 0 Å².